The van der Waals surface area contributed by atoms with Gasteiger partial charge in [-0.1, -0.05) is 26.0 Å². The molecule has 1 aromatic rings. The second-order valence-corrected chi connectivity index (χ2v) is 8.25. The van der Waals surface area contributed by atoms with Crippen molar-refractivity contribution in [3.05, 3.63) is 23.5 Å². The van der Waals surface area contributed by atoms with Gasteiger partial charge in [0.25, 0.3) is 0 Å². The van der Waals surface area contributed by atoms with E-state index in [1.54, 1.807) is 12.3 Å². The van der Waals surface area contributed by atoms with E-state index in [2.05, 4.69) is 15.6 Å². The number of carbonyl (C=O) groups excluding carboxylic acids is 2. The van der Waals surface area contributed by atoms with Gasteiger partial charge in [-0.3, -0.25) is 4.79 Å². The number of carboxylic acid groups (broad SMARTS) is 1. The number of aliphatic hydroxyl groups excluding tert-OH is 1. The van der Waals surface area contributed by atoms with Crippen LogP contribution in [0.15, 0.2) is 17.8 Å². The summed E-state index contributed by atoms with van der Waals surface area (Å²) >= 11 is 0. The number of hydrogen-bond donors (Lipinski definition) is 4. The number of ether oxygens (including phenoxy) is 2. The van der Waals surface area contributed by atoms with Gasteiger partial charge < -0.3 is 30.7 Å². The van der Waals surface area contributed by atoms with Crippen LogP contribution in [0.2, 0.25) is 0 Å². The number of halogens is 3. The van der Waals surface area contributed by atoms with E-state index >= 15 is 0 Å². The SMILES string of the molecule is CCC(CC)O[C@@H]1C=C(C(=O)OC)[C@H](n2cc(C(O)CC)nn2)[C@H](N)[C@H]1NC(C)=O.O=C(O)C(F)(F)F. The summed E-state index contributed by atoms with van der Waals surface area (Å²) in [4.78, 5) is 33.4. The zero-order chi connectivity index (χ0) is 28.5. The number of amides is 1. The van der Waals surface area contributed by atoms with Crippen molar-refractivity contribution >= 4 is 17.8 Å². The molecular formula is C22H34F3N5O7. The quantitative estimate of drug-likeness (QED) is 0.337. The van der Waals surface area contributed by atoms with Crippen LogP contribution in [0.4, 0.5) is 13.2 Å². The maximum absolute atomic E-state index is 12.6. The number of hydrogen-bond acceptors (Lipinski definition) is 9. The molecule has 1 aliphatic rings. The number of aromatic nitrogens is 3. The van der Waals surface area contributed by atoms with Crippen LogP contribution in [0.5, 0.6) is 0 Å². The van der Waals surface area contributed by atoms with Crippen molar-refractivity contribution in [3.8, 4) is 0 Å². The molecule has 0 aromatic carbocycles. The molecule has 0 bridgehead atoms. The minimum atomic E-state index is -5.08. The number of aliphatic hydroxyl groups is 1. The Morgan fingerprint density at radius 2 is 1.78 bits per heavy atom. The summed E-state index contributed by atoms with van der Waals surface area (Å²) in [6.07, 6.45) is -1.29. The first-order chi connectivity index (χ1) is 17.2. The van der Waals surface area contributed by atoms with Crippen LogP contribution in [0.25, 0.3) is 0 Å². The molecule has 5 atom stereocenters. The first-order valence-electron chi connectivity index (χ1n) is 11.6. The van der Waals surface area contributed by atoms with Crippen LogP contribution < -0.4 is 11.1 Å². The fraction of sp³-hybridized carbons (Fsp3) is 0.682. The number of aliphatic carboxylic acids is 1. The Bertz CT molecular complexity index is 949. The minimum absolute atomic E-state index is 0.0529. The average Bonchev–Trinajstić information content (AvgIpc) is 3.32. The lowest BCUT2D eigenvalue weighted by atomic mass is 9.83. The van der Waals surface area contributed by atoms with Crippen molar-refractivity contribution in [3.63, 3.8) is 0 Å². The highest BCUT2D eigenvalue weighted by Gasteiger charge is 2.44. The third-order valence-corrected chi connectivity index (χ3v) is 5.63. The molecule has 5 N–H and O–H groups in total. The highest BCUT2D eigenvalue weighted by Crippen LogP contribution is 2.32. The highest BCUT2D eigenvalue weighted by atomic mass is 19.4. The normalized spacial score (nSPS) is 22.4. The van der Waals surface area contributed by atoms with E-state index in [9.17, 15) is 27.9 Å². The largest absolute Gasteiger partial charge is 0.490 e. The Kier molecular flexibility index (Phi) is 12.1. The van der Waals surface area contributed by atoms with Crippen LogP contribution in [-0.4, -0.2) is 80.6 Å². The van der Waals surface area contributed by atoms with E-state index in [1.807, 2.05) is 20.8 Å². The molecule has 0 radical (unpaired) electrons. The van der Waals surface area contributed by atoms with Crippen molar-refractivity contribution < 1.29 is 47.2 Å². The molecule has 0 spiro atoms. The Morgan fingerprint density at radius 1 is 1.22 bits per heavy atom. The zero-order valence-corrected chi connectivity index (χ0v) is 21.2. The van der Waals surface area contributed by atoms with Gasteiger partial charge in [-0.15, -0.1) is 5.10 Å². The molecule has 1 amide bonds. The van der Waals surface area contributed by atoms with E-state index in [4.69, 9.17) is 25.1 Å². The maximum Gasteiger partial charge on any atom is 0.490 e. The van der Waals surface area contributed by atoms with Crippen molar-refractivity contribution in [1.82, 2.24) is 20.3 Å². The van der Waals surface area contributed by atoms with Gasteiger partial charge in [-0.25, -0.2) is 14.3 Å². The summed E-state index contributed by atoms with van der Waals surface area (Å²) in [5.74, 6) is -3.58. The van der Waals surface area contributed by atoms with E-state index in [0.717, 1.165) is 12.8 Å². The van der Waals surface area contributed by atoms with Gasteiger partial charge in [0.2, 0.25) is 5.91 Å². The van der Waals surface area contributed by atoms with Crippen LogP contribution >= 0.6 is 0 Å². The Labute approximate surface area is 212 Å². The molecule has 15 heteroatoms. The molecule has 1 aliphatic carbocycles. The molecule has 0 fully saturated rings. The summed E-state index contributed by atoms with van der Waals surface area (Å²) in [6, 6.07) is -2.09. The minimum Gasteiger partial charge on any atom is -0.475 e. The van der Waals surface area contributed by atoms with Crippen LogP contribution in [0.1, 0.15) is 64.8 Å². The van der Waals surface area contributed by atoms with Crippen LogP contribution in [0, 0.1) is 0 Å². The molecule has 1 unspecified atom stereocenters. The molecule has 12 nitrogen and oxygen atoms in total. The summed E-state index contributed by atoms with van der Waals surface area (Å²) in [7, 11) is 1.29. The fourth-order valence-corrected chi connectivity index (χ4v) is 3.66. The topological polar surface area (TPSA) is 179 Å². The lowest BCUT2D eigenvalue weighted by Gasteiger charge is -2.40. The van der Waals surface area contributed by atoms with Gasteiger partial charge in [0.05, 0.1) is 49.3 Å². The average molecular weight is 538 g/mol. The van der Waals surface area contributed by atoms with Crippen LogP contribution in [0.3, 0.4) is 0 Å². The van der Waals surface area contributed by atoms with Crippen molar-refractivity contribution in [2.45, 2.75) is 89.6 Å². The molecule has 37 heavy (non-hydrogen) atoms. The van der Waals surface area contributed by atoms with Gasteiger partial charge in [0.15, 0.2) is 0 Å². The molecule has 0 aliphatic heterocycles. The smallest absolute Gasteiger partial charge is 0.475 e. The maximum atomic E-state index is 12.6. The van der Waals surface area contributed by atoms with Gasteiger partial charge in [-0.05, 0) is 25.3 Å². The second kappa shape index (κ2) is 14.0. The molecular weight excluding hydrogens is 503 g/mol. The molecule has 1 aromatic heterocycles. The number of nitrogens with zero attached hydrogens (tertiary/aromatic N) is 3. The summed E-state index contributed by atoms with van der Waals surface area (Å²) in [6.45, 7) is 7.24. The van der Waals surface area contributed by atoms with E-state index < -0.39 is 48.4 Å². The first kappa shape index (κ1) is 32.0. The van der Waals surface area contributed by atoms with E-state index in [1.165, 1.54) is 18.7 Å². The lowest BCUT2D eigenvalue weighted by Crippen LogP contribution is -2.60. The number of nitrogens with two attached hydrogens (primary N) is 1. The predicted octanol–water partition coefficient (Wildman–Crippen LogP) is 1.41. The molecule has 0 saturated heterocycles. The van der Waals surface area contributed by atoms with Crippen molar-refractivity contribution in [2.24, 2.45) is 5.73 Å². The molecule has 2 rings (SSSR count). The van der Waals surface area contributed by atoms with Crippen molar-refractivity contribution in [2.75, 3.05) is 7.11 Å². The number of methoxy groups -OCH3 is 1. The third kappa shape index (κ3) is 8.79. The Balaban J connectivity index is 0.000000856. The summed E-state index contributed by atoms with van der Waals surface area (Å²) in [5, 5.41) is 28.1. The third-order valence-electron chi connectivity index (χ3n) is 5.63. The summed E-state index contributed by atoms with van der Waals surface area (Å²) in [5.41, 5.74) is 7.20. The monoisotopic (exact) mass is 537 g/mol. The number of nitrogens with one attached hydrogen (secondary N) is 1. The van der Waals surface area contributed by atoms with E-state index in [-0.39, 0.29) is 17.6 Å². The van der Waals surface area contributed by atoms with Gasteiger partial charge in [0, 0.05) is 6.92 Å². The lowest BCUT2D eigenvalue weighted by molar-refractivity contribution is -0.192. The number of carboxylic acids is 1. The Hall–Kier alpha value is -3.04. The standard InChI is InChI=1S/C20H33N5O5.C2HF3O2/c1-6-12(7-2)30-16-9-13(20(28)29-5)19(17(21)18(16)22-11(4)26)25-10-14(23-24-25)15(27)8-3;3-2(4,5)1(6)7/h9-10,12,15-19,27H,6-8,21H2,1-5H3,(H,22,26);(H,6,7)/t15?,16-,17-,18+,19+;/m1./s1. The highest BCUT2D eigenvalue weighted by molar-refractivity contribution is 5.90. The van der Waals surface area contributed by atoms with E-state index in [0.29, 0.717) is 12.1 Å². The predicted molar refractivity (Wildman–Crippen MR) is 123 cm³/mol. The molecule has 0 saturated carbocycles. The fourth-order valence-electron chi connectivity index (χ4n) is 3.66. The number of alkyl halides is 3. The number of carbonyl (C=O) groups is 3. The molecule has 1 heterocycles. The van der Waals surface area contributed by atoms with Gasteiger partial charge >= 0.3 is 18.1 Å². The van der Waals surface area contributed by atoms with Gasteiger partial charge in [0.1, 0.15) is 11.7 Å². The summed E-state index contributed by atoms with van der Waals surface area (Å²) < 4.78 is 44.3. The van der Waals surface area contributed by atoms with Crippen LogP contribution in [-0.2, 0) is 23.9 Å². The second-order valence-electron chi connectivity index (χ2n) is 8.25. The number of rotatable bonds is 9. The van der Waals surface area contributed by atoms with Crippen molar-refractivity contribution in [1.29, 1.82) is 0 Å². The number of esters is 1. The zero-order valence-electron chi connectivity index (χ0n) is 21.2. The van der Waals surface area contributed by atoms with Gasteiger partial charge in [-0.2, -0.15) is 13.2 Å². The Morgan fingerprint density at radius 3 is 2.22 bits per heavy atom. The first-order valence-corrected chi connectivity index (χ1v) is 11.6. The molecule has 210 valence electrons.